The van der Waals surface area contributed by atoms with Crippen LogP contribution in [0, 0.1) is 0 Å². The molecule has 0 saturated heterocycles. The number of aromatic nitrogens is 4. The summed E-state index contributed by atoms with van der Waals surface area (Å²) in [6, 6.07) is 0. The molecule has 2 aromatic rings. The lowest BCUT2D eigenvalue weighted by atomic mass is 10.6. The van der Waals surface area contributed by atoms with Crippen molar-refractivity contribution in [1.82, 2.24) is 19.7 Å². The summed E-state index contributed by atoms with van der Waals surface area (Å²) in [5.74, 6) is 5.24. The van der Waals surface area contributed by atoms with Crippen molar-refractivity contribution in [2.75, 3.05) is 23.9 Å². The zero-order valence-electron chi connectivity index (χ0n) is 11.2. The lowest BCUT2D eigenvalue weighted by molar-refractivity contribution is 0.183. The van der Waals surface area contributed by atoms with Crippen LogP contribution in [0.3, 0.4) is 0 Å². The van der Waals surface area contributed by atoms with Gasteiger partial charge in [-0.15, -0.1) is 0 Å². The van der Waals surface area contributed by atoms with Crippen LogP contribution in [0.5, 0.6) is 0 Å². The van der Waals surface area contributed by atoms with E-state index in [2.05, 4.69) is 25.2 Å². The third-order valence-electron chi connectivity index (χ3n) is 2.48. The molecule has 0 fully saturated rings. The molecule has 0 aliphatic heterocycles. The first-order valence-corrected chi connectivity index (χ1v) is 7.36. The number of methoxy groups -OCH3 is 1. The summed E-state index contributed by atoms with van der Waals surface area (Å²) in [5.41, 5.74) is 2.56. The molecule has 2 aromatic heterocycles. The van der Waals surface area contributed by atoms with Crippen LogP contribution in [0.2, 0.25) is 0 Å². The van der Waals surface area contributed by atoms with E-state index in [1.807, 2.05) is 0 Å². The van der Waals surface area contributed by atoms with Crippen LogP contribution in [0.25, 0.3) is 0 Å². The van der Waals surface area contributed by atoms with Crippen LogP contribution in [0.15, 0.2) is 29.7 Å². The van der Waals surface area contributed by atoms with E-state index in [1.165, 1.54) is 6.20 Å². The largest absolute Gasteiger partial charge is 0.383 e. The molecule has 0 unspecified atom stereocenters. The van der Waals surface area contributed by atoms with E-state index in [1.54, 1.807) is 18.0 Å². The number of nitrogens with two attached hydrogens (primary N) is 1. The van der Waals surface area contributed by atoms with Gasteiger partial charge in [0.2, 0.25) is 5.95 Å². The molecule has 114 valence electrons. The first kappa shape index (κ1) is 15.2. The molecule has 10 nitrogen and oxygen atoms in total. The minimum absolute atomic E-state index is 0.0776. The number of nitrogens with zero attached hydrogens (tertiary/aromatic N) is 4. The predicted octanol–water partition coefficient (Wildman–Crippen LogP) is -0.594. The van der Waals surface area contributed by atoms with Gasteiger partial charge in [0.1, 0.15) is 4.90 Å². The molecule has 0 saturated carbocycles. The van der Waals surface area contributed by atoms with Crippen LogP contribution < -0.4 is 16.0 Å². The van der Waals surface area contributed by atoms with Crippen molar-refractivity contribution in [3.8, 4) is 0 Å². The zero-order chi connectivity index (χ0) is 15.3. The summed E-state index contributed by atoms with van der Waals surface area (Å²) in [6.07, 6.45) is 5.27. The molecule has 0 aliphatic rings. The maximum atomic E-state index is 12.1. The normalized spacial score (nSPS) is 11.3. The van der Waals surface area contributed by atoms with Gasteiger partial charge in [-0.1, -0.05) is 0 Å². The molecule has 0 bridgehead atoms. The second-order valence-corrected chi connectivity index (χ2v) is 5.66. The second-order valence-electron chi connectivity index (χ2n) is 3.98. The smallest absolute Gasteiger partial charge is 0.265 e. The highest BCUT2D eigenvalue weighted by atomic mass is 32.2. The van der Waals surface area contributed by atoms with E-state index in [0.717, 1.165) is 12.4 Å². The quantitative estimate of drug-likeness (QED) is 0.455. The van der Waals surface area contributed by atoms with Crippen molar-refractivity contribution in [3.05, 3.63) is 24.8 Å². The van der Waals surface area contributed by atoms with Crippen LogP contribution >= 0.6 is 0 Å². The number of nitrogen functional groups attached to an aromatic ring is 1. The SMILES string of the molecule is COCCn1cc(NS(=O)(=O)c2cnc(NN)nc2)cn1. The lowest BCUT2D eigenvalue weighted by Gasteiger charge is -2.05. The number of hydrogen-bond acceptors (Lipinski definition) is 8. The maximum Gasteiger partial charge on any atom is 0.265 e. The molecule has 0 aromatic carbocycles. The molecule has 0 atom stereocenters. The Bertz CT molecular complexity index is 683. The van der Waals surface area contributed by atoms with E-state index >= 15 is 0 Å². The second kappa shape index (κ2) is 6.47. The van der Waals surface area contributed by atoms with Gasteiger partial charge in [-0.3, -0.25) is 14.8 Å². The summed E-state index contributed by atoms with van der Waals surface area (Å²) in [6.45, 7) is 1.01. The molecule has 0 aliphatic carbocycles. The molecule has 21 heavy (non-hydrogen) atoms. The van der Waals surface area contributed by atoms with Gasteiger partial charge in [0, 0.05) is 13.3 Å². The number of hydrogen-bond donors (Lipinski definition) is 3. The summed E-state index contributed by atoms with van der Waals surface area (Å²) in [4.78, 5) is 7.42. The van der Waals surface area contributed by atoms with Crippen molar-refractivity contribution in [1.29, 1.82) is 0 Å². The van der Waals surface area contributed by atoms with Crippen LogP contribution in [-0.4, -0.2) is 41.9 Å². The zero-order valence-corrected chi connectivity index (χ0v) is 12.0. The van der Waals surface area contributed by atoms with Gasteiger partial charge >= 0.3 is 0 Å². The molecule has 11 heteroatoms. The van der Waals surface area contributed by atoms with E-state index in [0.29, 0.717) is 18.8 Å². The third kappa shape index (κ3) is 3.87. The fourth-order valence-electron chi connectivity index (χ4n) is 1.47. The van der Waals surface area contributed by atoms with E-state index in [9.17, 15) is 8.42 Å². The third-order valence-corrected chi connectivity index (χ3v) is 3.81. The minimum Gasteiger partial charge on any atom is -0.383 e. The number of ether oxygens (including phenoxy) is 1. The Morgan fingerprint density at radius 3 is 2.67 bits per heavy atom. The number of nitrogens with one attached hydrogen (secondary N) is 2. The fraction of sp³-hybridized carbons (Fsp3) is 0.300. The van der Waals surface area contributed by atoms with Crippen molar-refractivity contribution < 1.29 is 13.2 Å². The van der Waals surface area contributed by atoms with E-state index in [4.69, 9.17) is 10.6 Å². The van der Waals surface area contributed by atoms with Crippen LogP contribution in [-0.2, 0) is 21.3 Å². The van der Waals surface area contributed by atoms with E-state index < -0.39 is 10.0 Å². The highest BCUT2D eigenvalue weighted by Gasteiger charge is 2.16. The van der Waals surface area contributed by atoms with Crippen molar-refractivity contribution >= 4 is 21.7 Å². The Labute approximate surface area is 121 Å². The summed E-state index contributed by atoms with van der Waals surface area (Å²) in [7, 11) is -2.20. The van der Waals surface area contributed by atoms with Gasteiger partial charge in [0.05, 0.1) is 37.4 Å². The summed E-state index contributed by atoms with van der Waals surface area (Å²) in [5, 5.41) is 4.01. The maximum absolute atomic E-state index is 12.1. The minimum atomic E-state index is -3.77. The van der Waals surface area contributed by atoms with Gasteiger partial charge in [0.25, 0.3) is 10.0 Å². The topological polar surface area (TPSA) is 137 Å². The van der Waals surface area contributed by atoms with Gasteiger partial charge < -0.3 is 4.74 Å². The summed E-state index contributed by atoms with van der Waals surface area (Å²) < 4.78 is 33.1. The Morgan fingerprint density at radius 2 is 2.05 bits per heavy atom. The van der Waals surface area contributed by atoms with Crippen LogP contribution in [0.4, 0.5) is 11.6 Å². The highest BCUT2D eigenvalue weighted by molar-refractivity contribution is 7.92. The van der Waals surface area contributed by atoms with Gasteiger partial charge in [0.15, 0.2) is 0 Å². The van der Waals surface area contributed by atoms with Crippen molar-refractivity contribution in [2.45, 2.75) is 11.4 Å². The highest BCUT2D eigenvalue weighted by Crippen LogP contribution is 2.14. The first-order valence-electron chi connectivity index (χ1n) is 5.88. The average Bonchev–Trinajstić information content (AvgIpc) is 2.92. The average molecular weight is 313 g/mol. The Morgan fingerprint density at radius 1 is 1.33 bits per heavy atom. The number of rotatable bonds is 7. The first-order chi connectivity index (χ1) is 10.0. The Hall–Kier alpha value is -2.24. The van der Waals surface area contributed by atoms with Gasteiger partial charge in [-0.25, -0.2) is 24.2 Å². The Kier molecular flexibility index (Phi) is 4.67. The molecule has 2 heterocycles. The number of hydrazine groups is 1. The van der Waals surface area contributed by atoms with Gasteiger partial charge in [-0.05, 0) is 0 Å². The fourth-order valence-corrected chi connectivity index (χ4v) is 2.38. The molecule has 0 radical (unpaired) electrons. The summed E-state index contributed by atoms with van der Waals surface area (Å²) >= 11 is 0. The molecule has 0 amide bonds. The standard InChI is InChI=1S/C10H15N7O3S/c1-20-3-2-17-7-8(4-14-17)16-21(18,19)9-5-12-10(15-11)13-6-9/h4-7,16H,2-3,11H2,1H3,(H,12,13,15). The van der Waals surface area contributed by atoms with Crippen LogP contribution in [0.1, 0.15) is 0 Å². The molecular formula is C10H15N7O3S. The molecule has 0 spiro atoms. The van der Waals surface area contributed by atoms with Crippen molar-refractivity contribution in [3.63, 3.8) is 0 Å². The number of anilines is 2. The number of sulfonamides is 1. The molecular weight excluding hydrogens is 298 g/mol. The predicted molar refractivity (Wildman–Crippen MR) is 74.8 cm³/mol. The van der Waals surface area contributed by atoms with Gasteiger partial charge in [-0.2, -0.15) is 5.10 Å². The monoisotopic (exact) mass is 313 g/mol. The molecule has 2 rings (SSSR count). The van der Waals surface area contributed by atoms with E-state index in [-0.39, 0.29) is 10.8 Å². The molecule has 4 N–H and O–H groups in total. The lowest BCUT2D eigenvalue weighted by Crippen LogP contribution is -2.15. The van der Waals surface area contributed by atoms with Crippen molar-refractivity contribution in [2.24, 2.45) is 5.84 Å². The Balaban J connectivity index is 2.10.